The molecule has 1 saturated heterocycles. The Balaban J connectivity index is 1.67. The molecule has 1 aliphatic heterocycles. The lowest BCUT2D eigenvalue weighted by Gasteiger charge is -2.36. The van der Waals surface area contributed by atoms with Crippen LogP contribution in [0.15, 0.2) is 24.3 Å². The SMILES string of the molecule is O=C(Cc1ccccc1Cl)NC1CCCCC1N1C(=O)CSC1=O. The lowest BCUT2D eigenvalue weighted by Crippen LogP contribution is -2.55. The average molecular weight is 367 g/mol. The highest BCUT2D eigenvalue weighted by atomic mass is 35.5. The molecule has 0 spiro atoms. The van der Waals surface area contributed by atoms with Gasteiger partial charge >= 0.3 is 0 Å². The highest BCUT2D eigenvalue weighted by molar-refractivity contribution is 8.14. The second-order valence-corrected chi connectivity index (χ2v) is 7.45. The first-order valence-electron chi connectivity index (χ1n) is 8.08. The molecule has 7 heteroatoms. The van der Waals surface area contributed by atoms with Crippen molar-refractivity contribution in [2.45, 2.75) is 44.2 Å². The molecule has 128 valence electrons. The molecule has 1 aromatic rings. The van der Waals surface area contributed by atoms with Crippen LogP contribution in [0.1, 0.15) is 31.2 Å². The van der Waals surface area contributed by atoms with Crippen molar-refractivity contribution in [2.75, 3.05) is 5.75 Å². The summed E-state index contributed by atoms with van der Waals surface area (Å²) >= 11 is 7.14. The van der Waals surface area contributed by atoms with Crippen LogP contribution in [0, 0.1) is 0 Å². The third-order valence-corrected chi connectivity index (χ3v) is 5.70. The van der Waals surface area contributed by atoms with Crippen LogP contribution < -0.4 is 5.32 Å². The lowest BCUT2D eigenvalue weighted by atomic mass is 9.89. The normalized spacial score (nSPS) is 24.3. The van der Waals surface area contributed by atoms with Crippen LogP contribution in [0.2, 0.25) is 5.02 Å². The van der Waals surface area contributed by atoms with Gasteiger partial charge in [0.15, 0.2) is 0 Å². The first-order chi connectivity index (χ1) is 11.6. The van der Waals surface area contributed by atoms with E-state index in [4.69, 9.17) is 11.6 Å². The number of imide groups is 1. The number of hydrogen-bond donors (Lipinski definition) is 1. The summed E-state index contributed by atoms with van der Waals surface area (Å²) < 4.78 is 0. The maximum Gasteiger partial charge on any atom is 0.289 e. The van der Waals surface area contributed by atoms with Gasteiger partial charge in [0.25, 0.3) is 5.24 Å². The fourth-order valence-corrected chi connectivity index (χ4v) is 4.31. The van der Waals surface area contributed by atoms with Gasteiger partial charge in [-0.05, 0) is 24.5 Å². The Hall–Kier alpha value is -1.53. The average Bonchev–Trinajstić information content (AvgIpc) is 2.89. The van der Waals surface area contributed by atoms with Crippen LogP contribution in [0.25, 0.3) is 0 Å². The van der Waals surface area contributed by atoms with Gasteiger partial charge in [-0.1, -0.05) is 54.4 Å². The second-order valence-electron chi connectivity index (χ2n) is 6.11. The molecule has 1 N–H and O–H groups in total. The van der Waals surface area contributed by atoms with E-state index in [0.717, 1.165) is 43.0 Å². The van der Waals surface area contributed by atoms with Gasteiger partial charge in [0, 0.05) is 11.1 Å². The summed E-state index contributed by atoms with van der Waals surface area (Å²) in [6.45, 7) is 0. The fourth-order valence-electron chi connectivity index (χ4n) is 3.35. The van der Waals surface area contributed by atoms with Crippen molar-refractivity contribution in [1.29, 1.82) is 0 Å². The molecule has 0 aromatic heterocycles. The largest absolute Gasteiger partial charge is 0.351 e. The zero-order chi connectivity index (χ0) is 17.1. The Morgan fingerprint density at radius 2 is 2.00 bits per heavy atom. The summed E-state index contributed by atoms with van der Waals surface area (Å²) in [5, 5.41) is 3.38. The summed E-state index contributed by atoms with van der Waals surface area (Å²) in [4.78, 5) is 37.7. The summed E-state index contributed by atoms with van der Waals surface area (Å²) in [7, 11) is 0. The Kier molecular flexibility index (Phi) is 5.46. The number of hydrogen-bond acceptors (Lipinski definition) is 4. The number of carbonyl (C=O) groups is 3. The molecule has 1 saturated carbocycles. The second kappa shape index (κ2) is 7.57. The van der Waals surface area contributed by atoms with Gasteiger partial charge in [0.2, 0.25) is 11.8 Å². The zero-order valence-electron chi connectivity index (χ0n) is 13.2. The Bertz CT molecular complexity index is 651. The van der Waals surface area contributed by atoms with E-state index in [1.165, 1.54) is 4.90 Å². The van der Waals surface area contributed by atoms with Crippen LogP contribution in [0.4, 0.5) is 4.79 Å². The van der Waals surface area contributed by atoms with E-state index >= 15 is 0 Å². The minimum atomic E-state index is -0.232. The van der Waals surface area contributed by atoms with Gasteiger partial charge < -0.3 is 5.32 Å². The molecule has 2 fully saturated rings. The lowest BCUT2D eigenvalue weighted by molar-refractivity contribution is -0.129. The standard InChI is InChI=1S/C17H19ClN2O3S/c18-12-6-2-1-5-11(12)9-15(21)19-13-7-3-4-8-14(13)20-16(22)10-24-17(20)23/h1-2,5-6,13-14H,3-4,7-10H2,(H,19,21). The number of nitrogens with one attached hydrogen (secondary N) is 1. The molecule has 3 amide bonds. The van der Waals surface area contributed by atoms with Crippen molar-refractivity contribution >= 4 is 40.4 Å². The van der Waals surface area contributed by atoms with Crippen LogP contribution in [-0.2, 0) is 16.0 Å². The molecule has 0 bridgehead atoms. The zero-order valence-corrected chi connectivity index (χ0v) is 14.7. The van der Waals surface area contributed by atoms with Crippen LogP contribution in [0.3, 0.4) is 0 Å². The molecule has 2 aliphatic rings. The third-order valence-electron chi connectivity index (χ3n) is 4.50. The highest BCUT2D eigenvalue weighted by Crippen LogP contribution is 2.30. The van der Waals surface area contributed by atoms with Crippen molar-refractivity contribution in [2.24, 2.45) is 0 Å². The molecular formula is C17H19ClN2O3S. The number of nitrogens with zero attached hydrogens (tertiary/aromatic N) is 1. The third kappa shape index (κ3) is 3.75. The highest BCUT2D eigenvalue weighted by Gasteiger charge is 2.41. The summed E-state index contributed by atoms with van der Waals surface area (Å²) in [5.74, 6) is -0.0793. The minimum Gasteiger partial charge on any atom is -0.351 e. The first kappa shape index (κ1) is 17.3. The first-order valence-corrected chi connectivity index (χ1v) is 9.44. The number of amides is 3. The van der Waals surface area contributed by atoms with Crippen LogP contribution in [0.5, 0.6) is 0 Å². The number of rotatable bonds is 4. The van der Waals surface area contributed by atoms with Crippen molar-refractivity contribution in [3.8, 4) is 0 Å². The van der Waals surface area contributed by atoms with Gasteiger partial charge in [0.1, 0.15) is 0 Å². The fraction of sp³-hybridized carbons (Fsp3) is 0.471. The van der Waals surface area contributed by atoms with E-state index in [1.54, 1.807) is 6.07 Å². The monoisotopic (exact) mass is 366 g/mol. The van der Waals surface area contributed by atoms with Gasteiger partial charge in [-0.25, -0.2) is 0 Å². The van der Waals surface area contributed by atoms with E-state index in [1.807, 2.05) is 18.2 Å². The van der Waals surface area contributed by atoms with Crippen molar-refractivity contribution in [3.05, 3.63) is 34.9 Å². The van der Waals surface area contributed by atoms with Gasteiger partial charge in [-0.2, -0.15) is 0 Å². The Morgan fingerprint density at radius 1 is 1.25 bits per heavy atom. The van der Waals surface area contributed by atoms with E-state index < -0.39 is 0 Å². The Morgan fingerprint density at radius 3 is 2.71 bits per heavy atom. The van der Waals surface area contributed by atoms with Gasteiger partial charge in [0.05, 0.1) is 18.2 Å². The van der Waals surface area contributed by atoms with Gasteiger partial charge in [-0.15, -0.1) is 0 Å². The molecular weight excluding hydrogens is 348 g/mol. The number of thioether (sulfide) groups is 1. The maximum absolute atomic E-state index is 12.4. The summed E-state index contributed by atoms with van der Waals surface area (Å²) in [6.07, 6.45) is 3.66. The molecule has 3 rings (SSSR count). The molecule has 0 radical (unpaired) electrons. The summed E-state index contributed by atoms with van der Waals surface area (Å²) in [5.41, 5.74) is 0.771. The molecule has 1 heterocycles. The van der Waals surface area contributed by atoms with Crippen molar-refractivity contribution in [1.82, 2.24) is 10.2 Å². The predicted molar refractivity (Wildman–Crippen MR) is 94.0 cm³/mol. The molecule has 2 unspecified atom stereocenters. The molecule has 5 nitrogen and oxygen atoms in total. The topological polar surface area (TPSA) is 66.5 Å². The Labute approximate surface area is 150 Å². The van der Waals surface area contributed by atoms with E-state index in [9.17, 15) is 14.4 Å². The summed E-state index contributed by atoms with van der Waals surface area (Å²) in [6, 6.07) is 6.83. The van der Waals surface area contributed by atoms with Crippen molar-refractivity contribution < 1.29 is 14.4 Å². The quantitative estimate of drug-likeness (QED) is 0.889. The molecule has 2 atom stereocenters. The smallest absolute Gasteiger partial charge is 0.289 e. The van der Waals surface area contributed by atoms with Crippen LogP contribution >= 0.6 is 23.4 Å². The molecule has 24 heavy (non-hydrogen) atoms. The van der Waals surface area contributed by atoms with Crippen LogP contribution in [-0.4, -0.2) is 39.8 Å². The van der Waals surface area contributed by atoms with E-state index in [-0.39, 0.29) is 41.3 Å². The molecule has 1 aromatic carbocycles. The number of halogens is 1. The number of carbonyl (C=O) groups excluding carboxylic acids is 3. The minimum absolute atomic E-state index is 0.133. The molecule has 1 aliphatic carbocycles. The van der Waals surface area contributed by atoms with E-state index in [0.29, 0.717) is 5.02 Å². The van der Waals surface area contributed by atoms with Gasteiger partial charge in [-0.3, -0.25) is 19.3 Å². The maximum atomic E-state index is 12.4. The van der Waals surface area contributed by atoms with Crippen molar-refractivity contribution in [3.63, 3.8) is 0 Å². The van der Waals surface area contributed by atoms with E-state index in [2.05, 4.69) is 5.32 Å². The number of benzene rings is 1. The predicted octanol–water partition coefficient (Wildman–Crippen LogP) is 3.01.